The Hall–Kier alpha value is 1.70. The van der Waals surface area contributed by atoms with Gasteiger partial charge in [0.25, 0.3) is 0 Å². The molecular formula is H12MgO6V2. The first-order valence-corrected chi connectivity index (χ1v) is 0. The van der Waals surface area contributed by atoms with E-state index >= 15 is 0 Å². The van der Waals surface area contributed by atoms with E-state index in [1.54, 1.807) is 0 Å². The fourth-order valence-corrected chi connectivity index (χ4v) is 0. The topological polar surface area (TPSA) is 189 Å². The zero-order chi connectivity index (χ0) is 0. The van der Waals surface area contributed by atoms with Gasteiger partial charge in [0.15, 0.2) is 0 Å². The van der Waals surface area contributed by atoms with E-state index in [1.165, 1.54) is 0 Å². The van der Waals surface area contributed by atoms with E-state index < -0.39 is 0 Å². The van der Waals surface area contributed by atoms with Crippen LogP contribution in [-0.2, 0) is 37.1 Å². The van der Waals surface area contributed by atoms with Crippen LogP contribution in [0.4, 0.5) is 0 Å². The van der Waals surface area contributed by atoms with Crippen LogP contribution in [-0.4, -0.2) is 55.9 Å². The predicted molar refractivity (Wildman–Crippen MR) is 27.4 cm³/mol. The van der Waals surface area contributed by atoms with E-state index in [0.717, 1.165) is 0 Å². The quantitative estimate of drug-likeness (QED) is 0.362. The summed E-state index contributed by atoms with van der Waals surface area (Å²) in [6.07, 6.45) is 0. The van der Waals surface area contributed by atoms with Crippen molar-refractivity contribution in [2.45, 2.75) is 0 Å². The monoisotopic (exact) mass is 234 g/mol. The first kappa shape index (κ1) is 350. The minimum absolute atomic E-state index is 0. The Morgan fingerprint density at radius 1 is 0.333 bits per heavy atom. The van der Waals surface area contributed by atoms with Crippen molar-refractivity contribution in [2.75, 3.05) is 0 Å². The zero-order valence-electron chi connectivity index (χ0n) is 4.60. The molecule has 0 aliphatic carbocycles. The van der Waals surface area contributed by atoms with Crippen LogP contribution in [0.15, 0.2) is 0 Å². The normalized spacial score (nSPS) is 0. The molecule has 9 heavy (non-hydrogen) atoms. The smallest absolute Gasteiger partial charge is 0 e. The molecule has 0 saturated carbocycles. The first-order chi connectivity index (χ1) is 0. The molecule has 0 aromatic rings. The van der Waals surface area contributed by atoms with Crippen LogP contribution in [0.2, 0.25) is 0 Å². The second kappa shape index (κ2) is 255. The van der Waals surface area contributed by atoms with Crippen molar-refractivity contribution in [3.63, 3.8) is 0 Å². The molecule has 0 heterocycles. The van der Waals surface area contributed by atoms with Gasteiger partial charge in [-0.15, -0.1) is 0 Å². The third-order valence-electron chi connectivity index (χ3n) is 0. The molecule has 0 amide bonds. The summed E-state index contributed by atoms with van der Waals surface area (Å²) < 4.78 is 0. The molecule has 0 saturated heterocycles. The van der Waals surface area contributed by atoms with Crippen LogP contribution in [0.3, 0.4) is 0 Å². The predicted octanol–water partition coefficient (Wildman–Crippen LogP) is -5.33. The SMILES string of the molecule is O.O.O.O.O.O.[Mg].[V].[V]. The van der Waals surface area contributed by atoms with Crippen LogP contribution in [0, 0.1) is 0 Å². The third kappa shape index (κ3) is 200. The van der Waals surface area contributed by atoms with E-state index in [4.69, 9.17) is 0 Å². The Kier molecular flexibility index (Phi) is 9920. The molecule has 0 aromatic carbocycles. The van der Waals surface area contributed by atoms with Crippen molar-refractivity contribution >= 4 is 23.1 Å². The van der Waals surface area contributed by atoms with Crippen LogP contribution in [0.5, 0.6) is 0 Å². The largest absolute Gasteiger partial charge is 0.412 e. The van der Waals surface area contributed by atoms with Crippen molar-refractivity contribution in [3.8, 4) is 0 Å². The molecule has 6 nitrogen and oxygen atoms in total. The summed E-state index contributed by atoms with van der Waals surface area (Å²) in [7, 11) is 0. The molecule has 0 aliphatic rings. The van der Waals surface area contributed by atoms with Gasteiger partial charge in [0.1, 0.15) is 0 Å². The van der Waals surface area contributed by atoms with E-state index in [2.05, 4.69) is 0 Å². The van der Waals surface area contributed by atoms with Crippen molar-refractivity contribution in [3.05, 3.63) is 0 Å². The Bertz CT molecular complexity index is 11.0. The Balaban J connectivity index is 0. The average molecular weight is 234 g/mol. The zero-order valence-corrected chi connectivity index (χ0v) is 8.81. The third-order valence-corrected chi connectivity index (χ3v) is 0. The first-order valence-electron chi connectivity index (χ1n) is 0. The molecular weight excluding hydrogens is 222 g/mol. The van der Waals surface area contributed by atoms with Crippen molar-refractivity contribution in [2.24, 2.45) is 0 Å². The van der Waals surface area contributed by atoms with Crippen LogP contribution < -0.4 is 0 Å². The minimum atomic E-state index is 0. The standard InChI is InChI=1S/Mg.6H2O.2V/h;6*1H2;;. The van der Waals surface area contributed by atoms with Gasteiger partial charge in [-0.2, -0.15) is 0 Å². The molecule has 0 fully saturated rings. The molecule has 60 valence electrons. The van der Waals surface area contributed by atoms with Gasteiger partial charge in [-0.25, -0.2) is 0 Å². The van der Waals surface area contributed by atoms with E-state index in [9.17, 15) is 0 Å². The maximum Gasteiger partial charge on any atom is 0 e. The van der Waals surface area contributed by atoms with Gasteiger partial charge in [0.05, 0.1) is 0 Å². The van der Waals surface area contributed by atoms with Gasteiger partial charge in [-0.05, 0) is 0 Å². The Morgan fingerprint density at radius 2 is 0.333 bits per heavy atom. The van der Waals surface area contributed by atoms with Gasteiger partial charge in [0, 0.05) is 60.2 Å². The van der Waals surface area contributed by atoms with E-state index in [0.29, 0.717) is 0 Å². The molecule has 4 radical (unpaired) electrons. The van der Waals surface area contributed by atoms with Crippen LogP contribution in [0.1, 0.15) is 0 Å². The fourth-order valence-electron chi connectivity index (χ4n) is 0. The van der Waals surface area contributed by atoms with E-state index in [1.807, 2.05) is 0 Å². The van der Waals surface area contributed by atoms with Gasteiger partial charge in [-0.1, -0.05) is 0 Å². The summed E-state index contributed by atoms with van der Waals surface area (Å²) in [5, 5.41) is 0. The molecule has 0 unspecified atom stereocenters. The fraction of sp³-hybridized carbons (Fsp3) is 0. The van der Waals surface area contributed by atoms with Gasteiger partial charge < -0.3 is 32.9 Å². The van der Waals surface area contributed by atoms with Gasteiger partial charge in [0.2, 0.25) is 0 Å². The van der Waals surface area contributed by atoms with Crippen molar-refractivity contribution < 1.29 is 70.0 Å². The molecule has 9 heteroatoms. The van der Waals surface area contributed by atoms with Crippen molar-refractivity contribution in [1.29, 1.82) is 0 Å². The van der Waals surface area contributed by atoms with Gasteiger partial charge >= 0.3 is 0 Å². The number of hydrogen-bond acceptors (Lipinski definition) is 0. The molecule has 0 aromatic heterocycles. The van der Waals surface area contributed by atoms with Crippen LogP contribution in [0.25, 0.3) is 0 Å². The molecule has 0 aliphatic heterocycles. The summed E-state index contributed by atoms with van der Waals surface area (Å²) in [5.74, 6) is 0. The number of hydrogen-bond donors (Lipinski definition) is 0. The van der Waals surface area contributed by atoms with E-state index in [-0.39, 0.29) is 93.0 Å². The van der Waals surface area contributed by atoms with Crippen molar-refractivity contribution in [1.82, 2.24) is 0 Å². The second-order valence-electron chi connectivity index (χ2n) is 0. The summed E-state index contributed by atoms with van der Waals surface area (Å²) in [4.78, 5) is 0. The summed E-state index contributed by atoms with van der Waals surface area (Å²) in [6.45, 7) is 0. The summed E-state index contributed by atoms with van der Waals surface area (Å²) in [5.41, 5.74) is 0. The molecule has 0 spiro atoms. The van der Waals surface area contributed by atoms with Gasteiger partial charge in [-0.3, -0.25) is 0 Å². The summed E-state index contributed by atoms with van der Waals surface area (Å²) in [6, 6.07) is 0. The second-order valence-corrected chi connectivity index (χ2v) is 0. The van der Waals surface area contributed by atoms with Crippen LogP contribution >= 0.6 is 0 Å². The molecule has 12 N–H and O–H groups in total. The Morgan fingerprint density at radius 3 is 0.333 bits per heavy atom. The summed E-state index contributed by atoms with van der Waals surface area (Å²) >= 11 is 0. The molecule has 0 bridgehead atoms. The Labute approximate surface area is 92.5 Å². The maximum atomic E-state index is 0. The minimum Gasteiger partial charge on any atom is -0.412 e. The maximum absolute atomic E-state index is 0. The molecule has 0 rings (SSSR count). The molecule has 0 atom stereocenters. The average Bonchev–Trinajstić information content (AvgIpc) is 0. The number of rotatable bonds is 0.